The highest BCUT2D eigenvalue weighted by molar-refractivity contribution is 6.72. The minimum atomic E-state index is -0.437. The van der Waals surface area contributed by atoms with Gasteiger partial charge in [-0.1, -0.05) is 18.3 Å². The normalized spacial score (nSPS) is 11.7. The van der Waals surface area contributed by atoms with Crippen LogP contribution in [0.2, 0.25) is 13.1 Å². The van der Waals surface area contributed by atoms with Crippen molar-refractivity contribution in [3.63, 3.8) is 0 Å². The van der Waals surface area contributed by atoms with Gasteiger partial charge in [-0.15, -0.1) is 0 Å². The van der Waals surface area contributed by atoms with Gasteiger partial charge in [0.2, 0.25) is 0 Å². The molecule has 2 rings (SSSR count). The molecule has 0 aliphatic carbocycles. The van der Waals surface area contributed by atoms with Gasteiger partial charge in [-0.3, -0.25) is 0 Å². The van der Waals surface area contributed by atoms with Gasteiger partial charge in [0, 0.05) is 0 Å². The lowest BCUT2D eigenvalue weighted by molar-refractivity contribution is 1.23. The topological polar surface area (TPSA) is 0 Å². The average Bonchev–Trinajstić information content (AvgIpc) is 2.37. The molecule has 0 nitrogen and oxygen atoms in total. The van der Waals surface area contributed by atoms with E-state index < -0.39 is 8.80 Å². The zero-order chi connectivity index (χ0) is 15.4. The van der Waals surface area contributed by atoms with Crippen LogP contribution in [0.15, 0.2) is 0 Å². The molecular formula is C19H27Si. The summed E-state index contributed by atoms with van der Waals surface area (Å²) >= 11 is 0. The number of hydrogen-bond acceptors (Lipinski definition) is 0. The van der Waals surface area contributed by atoms with Crippen LogP contribution in [0.1, 0.15) is 38.9 Å². The van der Waals surface area contributed by atoms with E-state index in [2.05, 4.69) is 61.6 Å². The number of benzene rings is 2. The third-order valence-electron chi connectivity index (χ3n) is 5.25. The highest BCUT2D eigenvalue weighted by atomic mass is 28.3. The quantitative estimate of drug-likeness (QED) is 0.649. The van der Waals surface area contributed by atoms with Gasteiger partial charge in [0.15, 0.2) is 0 Å². The fraction of sp³-hybridized carbons (Fsp3) is 0.474. The van der Waals surface area contributed by atoms with Crippen molar-refractivity contribution in [2.45, 2.75) is 61.6 Å². The zero-order valence-corrected chi connectivity index (χ0v) is 15.5. The lowest BCUT2D eigenvalue weighted by atomic mass is 9.86. The molecule has 0 saturated heterocycles. The summed E-state index contributed by atoms with van der Waals surface area (Å²) in [5.74, 6) is 0. The highest BCUT2D eigenvalue weighted by Gasteiger charge is 2.19. The molecule has 0 aromatic heterocycles. The molecule has 0 aliphatic rings. The van der Waals surface area contributed by atoms with Gasteiger partial charge >= 0.3 is 0 Å². The van der Waals surface area contributed by atoms with Gasteiger partial charge in [0.25, 0.3) is 0 Å². The standard InChI is InChI=1S/C19H27Si/c1-10-11(2)13(4)18-16(7)19(20(8)9)15(6)14(5)17(18)12(10)3/h1-9H3. The van der Waals surface area contributed by atoms with E-state index in [1.54, 1.807) is 5.19 Å². The van der Waals surface area contributed by atoms with Gasteiger partial charge in [-0.05, 0) is 98.2 Å². The second-order valence-corrected chi connectivity index (χ2v) is 9.00. The van der Waals surface area contributed by atoms with Crippen LogP contribution in [0.3, 0.4) is 0 Å². The van der Waals surface area contributed by atoms with Crippen molar-refractivity contribution in [1.29, 1.82) is 0 Å². The molecule has 20 heavy (non-hydrogen) atoms. The fourth-order valence-corrected chi connectivity index (χ4v) is 5.59. The van der Waals surface area contributed by atoms with Crippen LogP contribution in [-0.2, 0) is 0 Å². The zero-order valence-electron chi connectivity index (χ0n) is 14.5. The summed E-state index contributed by atoms with van der Waals surface area (Å²) in [6.07, 6.45) is 0. The van der Waals surface area contributed by atoms with Gasteiger partial charge in [0.1, 0.15) is 0 Å². The van der Waals surface area contributed by atoms with E-state index in [-0.39, 0.29) is 0 Å². The van der Waals surface area contributed by atoms with E-state index in [1.807, 2.05) is 0 Å². The molecule has 2 aromatic carbocycles. The Labute approximate surface area is 125 Å². The predicted octanol–water partition coefficient (Wildman–Crippen LogP) is 4.96. The number of aryl methyl sites for hydroxylation is 4. The van der Waals surface area contributed by atoms with Gasteiger partial charge in [-0.2, -0.15) is 0 Å². The van der Waals surface area contributed by atoms with Crippen molar-refractivity contribution >= 4 is 24.8 Å². The number of fused-ring (bicyclic) bond motifs is 1. The van der Waals surface area contributed by atoms with E-state index in [0.29, 0.717) is 0 Å². The van der Waals surface area contributed by atoms with Crippen LogP contribution in [-0.4, -0.2) is 8.80 Å². The molecule has 107 valence electrons. The van der Waals surface area contributed by atoms with Crippen molar-refractivity contribution in [3.05, 3.63) is 38.9 Å². The van der Waals surface area contributed by atoms with Gasteiger partial charge in [0.05, 0.1) is 8.80 Å². The minimum absolute atomic E-state index is 0.437. The summed E-state index contributed by atoms with van der Waals surface area (Å²) in [5.41, 5.74) is 10.4. The third kappa shape index (κ3) is 1.95. The maximum Gasteiger partial charge on any atom is 0.0799 e. The second-order valence-electron chi connectivity index (χ2n) is 6.50. The van der Waals surface area contributed by atoms with Crippen LogP contribution in [0.25, 0.3) is 10.8 Å². The van der Waals surface area contributed by atoms with Crippen molar-refractivity contribution in [3.8, 4) is 0 Å². The Hall–Kier alpha value is -1.08. The van der Waals surface area contributed by atoms with E-state index in [9.17, 15) is 0 Å². The Morgan fingerprint density at radius 1 is 0.450 bits per heavy atom. The lowest BCUT2D eigenvalue weighted by Gasteiger charge is -2.24. The SMILES string of the molecule is Cc1c(C)c(C)c2c(C)c([Si](C)C)c(C)c(C)c2c1C. The second kappa shape index (κ2) is 5.03. The first kappa shape index (κ1) is 15.3. The summed E-state index contributed by atoms with van der Waals surface area (Å²) in [5, 5.41) is 4.67. The molecule has 0 fully saturated rings. The monoisotopic (exact) mass is 283 g/mol. The van der Waals surface area contributed by atoms with Crippen molar-refractivity contribution in [2.24, 2.45) is 0 Å². The smallest absolute Gasteiger partial charge is 0.0671 e. The number of rotatable bonds is 1. The highest BCUT2D eigenvalue weighted by Crippen LogP contribution is 2.34. The van der Waals surface area contributed by atoms with E-state index in [0.717, 1.165) is 0 Å². The largest absolute Gasteiger partial charge is 0.0799 e. The first-order valence-corrected chi connectivity index (χ1v) is 10.0. The Morgan fingerprint density at radius 3 is 1.20 bits per heavy atom. The molecule has 0 heterocycles. The maximum absolute atomic E-state index is 2.41. The number of hydrogen-bond donors (Lipinski definition) is 0. The van der Waals surface area contributed by atoms with Crippen molar-refractivity contribution in [2.75, 3.05) is 0 Å². The van der Waals surface area contributed by atoms with E-state index >= 15 is 0 Å². The molecule has 0 unspecified atom stereocenters. The molecule has 0 bridgehead atoms. The molecular weight excluding hydrogens is 256 g/mol. The maximum atomic E-state index is 2.41. The van der Waals surface area contributed by atoms with E-state index in [4.69, 9.17) is 0 Å². The first-order chi connectivity index (χ1) is 9.20. The Kier molecular flexibility index (Phi) is 3.85. The summed E-state index contributed by atoms with van der Waals surface area (Å²) in [4.78, 5) is 0. The lowest BCUT2D eigenvalue weighted by Crippen LogP contribution is -2.30. The van der Waals surface area contributed by atoms with Crippen LogP contribution in [0.4, 0.5) is 0 Å². The third-order valence-corrected chi connectivity index (χ3v) is 7.00. The molecule has 2 aromatic rings. The molecule has 0 aliphatic heterocycles. The average molecular weight is 284 g/mol. The molecule has 0 N–H and O–H groups in total. The van der Waals surface area contributed by atoms with Gasteiger partial charge in [-0.25, -0.2) is 0 Å². The molecule has 0 atom stereocenters. The Morgan fingerprint density at radius 2 is 0.800 bits per heavy atom. The predicted molar refractivity (Wildman–Crippen MR) is 94.2 cm³/mol. The molecule has 0 amide bonds. The molecule has 1 heteroatoms. The van der Waals surface area contributed by atoms with Crippen LogP contribution in [0, 0.1) is 48.5 Å². The fourth-order valence-electron chi connectivity index (χ4n) is 3.78. The van der Waals surface area contributed by atoms with Crippen LogP contribution >= 0.6 is 0 Å². The minimum Gasteiger partial charge on any atom is -0.0671 e. The van der Waals surface area contributed by atoms with E-state index in [1.165, 1.54) is 49.7 Å². The summed E-state index contributed by atoms with van der Waals surface area (Å²) in [7, 11) is -0.437. The summed E-state index contributed by atoms with van der Waals surface area (Å²) < 4.78 is 0. The Bertz CT molecular complexity index is 706. The van der Waals surface area contributed by atoms with Gasteiger partial charge < -0.3 is 0 Å². The molecule has 0 saturated carbocycles. The molecule has 1 radical (unpaired) electrons. The van der Waals surface area contributed by atoms with Crippen LogP contribution < -0.4 is 5.19 Å². The van der Waals surface area contributed by atoms with Crippen molar-refractivity contribution < 1.29 is 0 Å². The first-order valence-electron chi connectivity index (χ1n) is 7.50. The molecule has 0 spiro atoms. The summed E-state index contributed by atoms with van der Waals surface area (Å²) in [6, 6.07) is 0. The summed E-state index contributed by atoms with van der Waals surface area (Å²) in [6.45, 7) is 20.9. The van der Waals surface area contributed by atoms with Crippen molar-refractivity contribution in [1.82, 2.24) is 0 Å². The van der Waals surface area contributed by atoms with Crippen LogP contribution in [0.5, 0.6) is 0 Å². The Balaban J connectivity index is 3.17.